The average molecular weight is 385 g/mol. The predicted octanol–water partition coefficient (Wildman–Crippen LogP) is 3.57. The van der Waals surface area contributed by atoms with Gasteiger partial charge in [-0.2, -0.15) is 0 Å². The van der Waals surface area contributed by atoms with Crippen molar-refractivity contribution in [3.05, 3.63) is 48.1 Å². The van der Waals surface area contributed by atoms with E-state index in [0.29, 0.717) is 29.4 Å². The summed E-state index contributed by atoms with van der Waals surface area (Å²) in [7, 11) is 1.25. The maximum Gasteiger partial charge on any atom is 0.376 e. The molecule has 1 aliphatic rings. The number of carbonyl (C=O) groups is 1. The molecule has 1 N–H and O–H groups in total. The van der Waals surface area contributed by atoms with Crippen LogP contribution in [-0.2, 0) is 4.74 Å². The molecule has 1 saturated carbocycles. The molecule has 2 aromatic heterocycles. The highest BCUT2D eigenvalue weighted by molar-refractivity contribution is 5.87. The number of allylic oxidation sites excluding steroid dienone is 2. The zero-order valence-electron chi connectivity index (χ0n) is 15.4. The summed E-state index contributed by atoms with van der Waals surface area (Å²) in [5, 5.41) is 15.1. The fourth-order valence-electron chi connectivity index (χ4n) is 3.11. The van der Waals surface area contributed by atoms with Crippen molar-refractivity contribution in [1.29, 1.82) is 0 Å². The van der Waals surface area contributed by atoms with Crippen LogP contribution in [0.5, 0.6) is 0 Å². The van der Waals surface area contributed by atoms with E-state index in [1.807, 2.05) is 0 Å². The van der Waals surface area contributed by atoms with Gasteiger partial charge < -0.3 is 14.6 Å². The highest BCUT2D eigenvalue weighted by Crippen LogP contribution is 2.48. The van der Waals surface area contributed by atoms with Crippen LogP contribution in [0.4, 0.5) is 10.2 Å². The number of carbonyl (C=O) groups excluding carboxylic acids is 1. The lowest BCUT2D eigenvalue weighted by Gasteiger charge is -2.42. The first-order valence-corrected chi connectivity index (χ1v) is 8.65. The topological polar surface area (TPSA) is 102 Å². The maximum absolute atomic E-state index is 14.1. The summed E-state index contributed by atoms with van der Waals surface area (Å²) in [5.74, 6) is -0.573. The van der Waals surface area contributed by atoms with Gasteiger partial charge in [-0.25, -0.2) is 9.18 Å². The summed E-state index contributed by atoms with van der Waals surface area (Å²) in [4.78, 5) is 15.3. The van der Waals surface area contributed by atoms with Gasteiger partial charge in [-0.15, -0.1) is 10.2 Å². The Morgan fingerprint density at radius 3 is 2.75 bits per heavy atom. The first-order valence-electron chi connectivity index (χ1n) is 8.65. The minimum atomic E-state index is -0.623. The number of methoxy groups -OCH3 is 1. The second-order valence-electron chi connectivity index (χ2n) is 6.42. The molecular weight excluding hydrogens is 365 g/mol. The Kier molecular flexibility index (Phi) is 5.62. The van der Waals surface area contributed by atoms with E-state index in [4.69, 9.17) is 4.52 Å². The number of rotatable bonds is 8. The van der Waals surface area contributed by atoms with Gasteiger partial charge in [-0.05, 0) is 37.8 Å². The molecule has 0 spiro atoms. The Morgan fingerprint density at radius 2 is 2.21 bits per heavy atom. The van der Waals surface area contributed by atoms with Gasteiger partial charge in [0, 0.05) is 18.0 Å². The number of hydrogen-bond donors (Lipinski definition) is 1. The second kappa shape index (κ2) is 8.12. The van der Waals surface area contributed by atoms with Crippen molar-refractivity contribution in [1.82, 2.24) is 15.4 Å². The van der Waals surface area contributed by atoms with Gasteiger partial charge in [0.25, 0.3) is 0 Å². The van der Waals surface area contributed by atoms with E-state index in [2.05, 4.69) is 43.7 Å². The van der Waals surface area contributed by atoms with Crippen LogP contribution in [0, 0.1) is 5.41 Å². The van der Waals surface area contributed by atoms with Gasteiger partial charge in [0.05, 0.1) is 12.8 Å². The molecule has 2 heterocycles. The molecule has 0 bridgehead atoms. The summed E-state index contributed by atoms with van der Waals surface area (Å²) in [6, 6.07) is 4.83. The van der Waals surface area contributed by atoms with E-state index >= 15 is 0 Å². The largest absolute Gasteiger partial charge is 0.463 e. The normalized spacial score (nSPS) is 15.8. The van der Waals surface area contributed by atoms with Crippen LogP contribution < -0.4 is 5.32 Å². The monoisotopic (exact) mass is 385 g/mol. The van der Waals surface area contributed by atoms with Crippen LogP contribution in [0.25, 0.3) is 11.4 Å². The first kappa shape index (κ1) is 19.4. The molecule has 146 valence electrons. The van der Waals surface area contributed by atoms with Gasteiger partial charge in [0.1, 0.15) is 23.0 Å². The van der Waals surface area contributed by atoms with E-state index in [1.165, 1.54) is 13.2 Å². The standard InChI is InChI=1S/C19H20FN5O3/c1-4-12(20)17(21-2)19(8-5-9-19)11-22-16-7-6-13(23-24-16)14-10-15(28-25-14)18(26)27-3/h4,6-7,10H,1-2,5,8-9,11H2,3H3,(H,22,24)/b17-12+. The quantitative estimate of drug-likeness (QED) is 0.421. The number of halogens is 1. The fourth-order valence-corrected chi connectivity index (χ4v) is 3.11. The molecule has 0 amide bonds. The molecule has 2 aromatic rings. The zero-order chi connectivity index (χ0) is 20.1. The van der Waals surface area contributed by atoms with Crippen molar-refractivity contribution in [3.8, 4) is 11.4 Å². The van der Waals surface area contributed by atoms with Gasteiger partial charge in [-0.1, -0.05) is 18.2 Å². The summed E-state index contributed by atoms with van der Waals surface area (Å²) >= 11 is 0. The third-order valence-electron chi connectivity index (χ3n) is 4.81. The Bertz CT molecular complexity index is 916. The second-order valence-corrected chi connectivity index (χ2v) is 6.42. The number of aromatic nitrogens is 3. The SMILES string of the molecule is C=C/C(F)=C(\N=C)C1(CNc2ccc(-c3cc(C(=O)OC)on3)nn2)CCC1. The minimum absolute atomic E-state index is 0.0195. The van der Waals surface area contributed by atoms with Crippen molar-refractivity contribution in [2.45, 2.75) is 19.3 Å². The molecule has 0 unspecified atom stereocenters. The third kappa shape index (κ3) is 3.68. The van der Waals surface area contributed by atoms with Crippen molar-refractivity contribution in [2.75, 3.05) is 19.0 Å². The summed E-state index contributed by atoms with van der Waals surface area (Å²) in [5.41, 5.74) is 0.698. The van der Waals surface area contributed by atoms with Gasteiger partial charge >= 0.3 is 5.97 Å². The molecule has 0 aliphatic heterocycles. The Hall–Kier alpha value is -3.36. The summed E-state index contributed by atoms with van der Waals surface area (Å²) in [6.45, 7) is 7.42. The van der Waals surface area contributed by atoms with Crippen molar-refractivity contribution in [2.24, 2.45) is 10.4 Å². The van der Waals surface area contributed by atoms with Crippen LogP contribution in [-0.4, -0.2) is 41.7 Å². The van der Waals surface area contributed by atoms with E-state index in [1.54, 1.807) is 12.1 Å². The number of hydrogen-bond acceptors (Lipinski definition) is 8. The fraction of sp³-hybridized carbons (Fsp3) is 0.316. The molecule has 3 rings (SSSR count). The molecule has 1 aliphatic carbocycles. The minimum Gasteiger partial charge on any atom is -0.463 e. The van der Waals surface area contributed by atoms with E-state index in [0.717, 1.165) is 25.3 Å². The van der Waals surface area contributed by atoms with Gasteiger partial charge in [-0.3, -0.25) is 4.99 Å². The van der Waals surface area contributed by atoms with Crippen LogP contribution in [0.1, 0.15) is 29.8 Å². The predicted molar refractivity (Wildman–Crippen MR) is 102 cm³/mol. The van der Waals surface area contributed by atoms with E-state index in [9.17, 15) is 9.18 Å². The highest BCUT2D eigenvalue weighted by Gasteiger charge is 2.42. The molecule has 28 heavy (non-hydrogen) atoms. The maximum atomic E-state index is 14.1. The Morgan fingerprint density at radius 1 is 1.43 bits per heavy atom. The number of nitrogens with one attached hydrogen (secondary N) is 1. The van der Waals surface area contributed by atoms with Crippen LogP contribution in [0.3, 0.4) is 0 Å². The summed E-state index contributed by atoms with van der Waals surface area (Å²) in [6.07, 6.45) is 3.75. The van der Waals surface area contributed by atoms with E-state index in [-0.39, 0.29) is 5.76 Å². The van der Waals surface area contributed by atoms with Crippen LogP contribution >= 0.6 is 0 Å². The number of anilines is 1. The first-order chi connectivity index (χ1) is 13.5. The van der Waals surface area contributed by atoms with Crippen molar-refractivity contribution >= 4 is 18.5 Å². The molecule has 1 fully saturated rings. The number of aliphatic imine (C=N–C) groups is 1. The van der Waals surface area contributed by atoms with Crippen LogP contribution in [0.15, 0.2) is 51.9 Å². The molecule has 0 radical (unpaired) electrons. The summed E-state index contributed by atoms with van der Waals surface area (Å²) < 4.78 is 23.6. The molecule has 0 atom stereocenters. The van der Waals surface area contributed by atoms with Crippen LogP contribution in [0.2, 0.25) is 0 Å². The molecule has 8 nitrogen and oxygen atoms in total. The molecule has 9 heteroatoms. The smallest absolute Gasteiger partial charge is 0.376 e. The number of ether oxygens (including phenoxy) is 1. The highest BCUT2D eigenvalue weighted by atomic mass is 19.1. The lowest BCUT2D eigenvalue weighted by atomic mass is 9.66. The van der Waals surface area contributed by atoms with Gasteiger partial charge in [0.15, 0.2) is 0 Å². The van der Waals surface area contributed by atoms with Crippen molar-refractivity contribution < 1.29 is 18.4 Å². The van der Waals surface area contributed by atoms with Crippen molar-refractivity contribution in [3.63, 3.8) is 0 Å². The van der Waals surface area contributed by atoms with E-state index < -0.39 is 17.2 Å². The number of nitrogens with zero attached hydrogens (tertiary/aromatic N) is 4. The average Bonchev–Trinajstić information content (AvgIpc) is 3.19. The number of esters is 1. The molecule has 0 saturated heterocycles. The van der Waals surface area contributed by atoms with Gasteiger partial charge in [0.2, 0.25) is 5.76 Å². The zero-order valence-corrected chi connectivity index (χ0v) is 15.4. The molecule has 0 aromatic carbocycles. The Balaban J connectivity index is 1.71. The lowest BCUT2D eigenvalue weighted by molar-refractivity contribution is 0.0554. The molecular formula is C19H20FN5O3. The Labute approximate surface area is 161 Å². The third-order valence-corrected chi connectivity index (χ3v) is 4.81. The lowest BCUT2D eigenvalue weighted by Crippen LogP contribution is -2.38.